The summed E-state index contributed by atoms with van der Waals surface area (Å²) in [4.78, 5) is 29.5. The molecule has 4 nitrogen and oxygen atoms in total. The summed E-state index contributed by atoms with van der Waals surface area (Å²) in [5, 5.41) is 0. The summed E-state index contributed by atoms with van der Waals surface area (Å²) in [6.45, 7) is 2.04. The Morgan fingerprint density at radius 3 is 2.07 bits per heavy atom. The van der Waals surface area contributed by atoms with Gasteiger partial charge < -0.3 is 9.80 Å². The van der Waals surface area contributed by atoms with E-state index in [4.69, 9.17) is 0 Å². The third-order valence-electron chi connectivity index (χ3n) is 5.12. The van der Waals surface area contributed by atoms with Gasteiger partial charge in [-0.1, -0.05) is 72.8 Å². The van der Waals surface area contributed by atoms with Gasteiger partial charge in [0.1, 0.15) is 0 Å². The van der Waals surface area contributed by atoms with Crippen LogP contribution in [0, 0.1) is 0 Å². The standard InChI is InChI=1S/C24H22N2O2/c1-18(27)26-22-15-9-8-14-21(22)25(17-19-10-4-2-5-11-19)24(28)16-23(26)20-12-6-3-7-13-20/h2-15,23H,16-17H2,1H3/t23-/m1/s1. The molecule has 1 heterocycles. The summed E-state index contributed by atoms with van der Waals surface area (Å²) in [5.74, 6) is -0.0652. The first-order chi connectivity index (χ1) is 13.6. The molecule has 1 atom stereocenters. The SMILES string of the molecule is CC(=O)N1c2ccccc2N(Cc2ccccc2)C(=O)C[C@@H]1c1ccccc1. The highest BCUT2D eigenvalue weighted by molar-refractivity contribution is 6.05. The van der Waals surface area contributed by atoms with Crippen LogP contribution in [0.4, 0.5) is 11.4 Å². The summed E-state index contributed by atoms with van der Waals surface area (Å²) in [6.07, 6.45) is 0.241. The molecule has 0 unspecified atom stereocenters. The normalized spacial score (nSPS) is 16.5. The van der Waals surface area contributed by atoms with E-state index in [1.807, 2.05) is 84.9 Å². The molecule has 0 aromatic heterocycles. The number of hydrogen-bond donors (Lipinski definition) is 0. The third kappa shape index (κ3) is 3.41. The van der Waals surface area contributed by atoms with Gasteiger partial charge in [-0.2, -0.15) is 0 Å². The van der Waals surface area contributed by atoms with Crippen molar-refractivity contribution in [2.24, 2.45) is 0 Å². The molecular formula is C24H22N2O2. The molecule has 140 valence electrons. The maximum atomic E-state index is 13.3. The molecule has 0 fully saturated rings. The van der Waals surface area contributed by atoms with Crippen LogP contribution in [0.15, 0.2) is 84.9 Å². The number of rotatable bonds is 3. The lowest BCUT2D eigenvalue weighted by atomic mass is 10.0. The number of hydrogen-bond acceptors (Lipinski definition) is 2. The number of anilines is 2. The first kappa shape index (κ1) is 18.0. The van der Waals surface area contributed by atoms with Gasteiger partial charge in [-0.15, -0.1) is 0 Å². The van der Waals surface area contributed by atoms with Crippen molar-refractivity contribution in [3.63, 3.8) is 0 Å². The maximum Gasteiger partial charge on any atom is 0.229 e. The Balaban J connectivity index is 1.83. The number of fused-ring (bicyclic) bond motifs is 1. The Kier molecular flexibility index (Phi) is 4.94. The van der Waals surface area contributed by atoms with E-state index in [1.165, 1.54) is 0 Å². The minimum absolute atomic E-state index is 0.00825. The van der Waals surface area contributed by atoms with Crippen molar-refractivity contribution < 1.29 is 9.59 Å². The molecule has 1 aliphatic rings. The Morgan fingerprint density at radius 2 is 1.43 bits per heavy atom. The van der Waals surface area contributed by atoms with E-state index < -0.39 is 0 Å². The van der Waals surface area contributed by atoms with E-state index in [0.717, 1.165) is 22.5 Å². The zero-order chi connectivity index (χ0) is 19.5. The second-order valence-electron chi connectivity index (χ2n) is 6.97. The molecule has 4 rings (SSSR count). The molecule has 0 aliphatic carbocycles. The summed E-state index contributed by atoms with van der Waals surface area (Å²) < 4.78 is 0. The zero-order valence-corrected chi connectivity index (χ0v) is 15.8. The molecule has 0 saturated carbocycles. The Morgan fingerprint density at radius 1 is 0.857 bits per heavy atom. The van der Waals surface area contributed by atoms with Gasteiger partial charge in [-0.3, -0.25) is 9.59 Å². The molecule has 1 aliphatic heterocycles. The van der Waals surface area contributed by atoms with E-state index in [1.54, 1.807) is 16.7 Å². The quantitative estimate of drug-likeness (QED) is 0.669. The van der Waals surface area contributed by atoms with E-state index in [0.29, 0.717) is 6.54 Å². The first-order valence-electron chi connectivity index (χ1n) is 9.43. The second kappa shape index (κ2) is 7.69. The van der Waals surface area contributed by atoms with E-state index >= 15 is 0 Å². The van der Waals surface area contributed by atoms with Crippen molar-refractivity contribution in [1.29, 1.82) is 0 Å². The average molecular weight is 370 g/mol. The fraction of sp³-hybridized carbons (Fsp3) is 0.167. The number of carbonyl (C=O) groups excluding carboxylic acids is 2. The van der Waals surface area contributed by atoms with Crippen molar-refractivity contribution in [3.05, 3.63) is 96.1 Å². The van der Waals surface area contributed by atoms with Crippen molar-refractivity contribution >= 4 is 23.2 Å². The molecule has 0 saturated heterocycles. The number of benzene rings is 3. The van der Waals surface area contributed by atoms with Crippen molar-refractivity contribution in [2.75, 3.05) is 9.80 Å². The molecule has 2 amide bonds. The third-order valence-corrected chi connectivity index (χ3v) is 5.12. The van der Waals surface area contributed by atoms with Crippen LogP contribution in [0.25, 0.3) is 0 Å². The minimum Gasteiger partial charge on any atom is -0.306 e. The van der Waals surface area contributed by atoms with Crippen LogP contribution in [0.2, 0.25) is 0 Å². The smallest absolute Gasteiger partial charge is 0.229 e. The van der Waals surface area contributed by atoms with Crippen molar-refractivity contribution in [3.8, 4) is 0 Å². The topological polar surface area (TPSA) is 40.6 Å². The predicted octanol–water partition coefficient (Wildman–Crippen LogP) is 4.72. The van der Waals surface area contributed by atoms with Gasteiger partial charge in [0.05, 0.1) is 30.4 Å². The van der Waals surface area contributed by atoms with Gasteiger partial charge in [0.15, 0.2) is 0 Å². The summed E-state index contributed by atoms with van der Waals surface area (Å²) in [5.41, 5.74) is 3.55. The van der Waals surface area contributed by atoms with E-state index in [2.05, 4.69) is 0 Å². The van der Waals surface area contributed by atoms with Gasteiger partial charge in [0, 0.05) is 6.92 Å². The van der Waals surface area contributed by atoms with E-state index in [9.17, 15) is 9.59 Å². The zero-order valence-electron chi connectivity index (χ0n) is 15.8. The lowest BCUT2D eigenvalue weighted by Gasteiger charge is -2.30. The number of para-hydroxylation sites is 2. The first-order valence-corrected chi connectivity index (χ1v) is 9.43. The molecule has 3 aromatic carbocycles. The largest absolute Gasteiger partial charge is 0.306 e. The molecular weight excluding hydrogens is 348 g/mol. The highest BCUT2D eigenvalue weighted by Gasteiger charge is 2.35. The van der Waals surface area contributed by atoms with Crippen LogP contribution in [-0.4, -0.2) is 11.8 Å². The highest BCUT2D eigenvalue weighted by atomic mass is 16.2. The summed E-state index contributed by atoms with van der Waals surface area (Å²) in [6, 6.07) is 27.0. The summed E-state index contributed by atoms with van der Waals surface area (Å²) >= 11 is 0. The van der Waals surface area contributed by atoms with Gasteiger partial charge >= 0.3 is 0 Å². The Hall–Kier alpha value is -3.40. The molecule has 3 aromatic rings. The maximum absolute atomic E-state index is 13.3. The van der Waals surface area contributed by atoms with E-state index in [-0.39, 0.29) is 24.3 Å². The van der Waals surface area contributed by atoms with Crippen LogP contribution in [-0.2, 0) is 16.1 Å². The second-order valence-corrected chi connectivity index (χ2v) is 6.97. The van der Waals surface area contributed by atoms with Crippen molar-refractivity contribution in [2.45, 2.75) is 25.9 Å². The number of carbonyl (C=O) groups is 2. The fourth-order valence-corrected chi connectivity index (χ4v) is 3.84. The molecule has 0 spiro atoms. The van der Waals surface area contributed by atoms with Gasteiger partial charge in [-0.05, 0) is 23.3 Å². The molecule has 28 heavy (non-hydrogen) atoms. The Bertz CT molecular complexity index is 986. The monoisotopic (exact) mass is 370 g/mol. The van der Waals surface area contributed by atoms with Crippen molar-refractivity contribution in [1.82, 2.24) is 0 Å². The van der Waals surface area contributed by atoms with Gasteiger partial charge in [0.2, 0.25) is 11.8 Å². The van der Waals surface area contributed by atoms with Crippen LogP contribution < -0.4 is 9.80 Å². The van der Waals surface area contributed by atoms with Crippen LogP contribution in [0.3, 0.4) is 0 Å². The number of nitrogens with zero attached hydrogens (tertiary/aromatic N) is 2. The Labute approximate surface area is 165 Å². The van der Waals surface area contributed by atoms with Gasteiger partial charge in [0.25, 0.3) is 0 Å². The molecule has 0 radical (unpaired) electrons. The van der Waals surface area contributed by atoms with Crippen LogP contribution in [0.5, 0.6) is 0 Å². The molecule has 0 bridgehead atoms. The average Bonchev–Trinajstić information content (AvgIpc) is 2.84. The lowest BCUT2D eigenvalue weighted by molar-refractivity contribution is -0.119. The molecule has 0 N–H and O–H groups in total. The predicted molar refractivity (Wildman–Crippen MR) is 111 cm³/mol. The highest BCUT2D eigenvalue weighted by Crippen LogP contribution is 2.41. The number of amides is 2. The lowest BCUT2D eigenvalue weighted by Crippen LogP contribution is -2.34. The molecule has 4 heteroatoms. The van der Waals surface area contributed by atoms with Crippen LogP contribution >= 0.6 is 0 Å². The summed E-state index contributed by atoms with van der Waals surface area (Å²) in [7, 11) is 0. The van der Waals surface area contributed by atoms with Crippen LogP contribution in [0.1, 0.15) is 30.5 Å². The van der Waals surface area contributed by atoms with Gasteiger partial charge in [-0.25, -0.2) is 0 Å². The fourth-order valence-electron chi connectivity index (χ4n) is 3.84. The minimum atomic E-state index is -0.326.